The van der Waals surface area contributed by atoms with Gasteiger partial charge in [0.1, 0.15) is 17.2 Å². The Labute approximate surface area is 174 Å². The van der Waals surface area contributed by atoms with Crippen molar-refractivity contribution < 1.29 is 18.4 Å². The molecule has 1 saturated heterocycles. The standard InChI is InChI=1S/C23H24FN3O3/c1-13(2)21(22-14(3)18-11-15(24)7-8-19(18)30-22)26-23(29)25-16-5-4-6-17(12-16)27-10-9-20(27)28/h4-8,11-13,21H,9-10H2,1-3H3,(H2,25,26,29)/t21-/m1/s1. The van der Waals surface area contributed by atoms with Crippen molar-refractivity contribution in [2.24, 2.45) is 5.92 Å². The summed E-state index contributed by atoms with van der Waals surface area (Å²) in [4.78, 5) is 26.0. The SMILES string of the molecule is Cc1c([C@H](NC(=O)Nc2cccc(N3CCC3=O)c2)C(C)C)oc2ccc(F)cc12. The molecule has 1 aliphatic rings. The van der Waals surface area contributed by atoms with E-state index in [9.17, 15) is 14.0 Å². The zero-order valence-electron chi connectivity index (χ0n) is 17.2. The van der Waals surface area contributed by atoms with Gasteiger partial charge in [-0.15, -0.1) is 0 Å². The number of carbonyl (C=O) groups excluding carboxylic acids is 2. The number of aryl methyl sites for hydroxylation is 1. The molecule has 3 aromatic rings. The van der Waals surface area contributed by atoms with Crippen LogP contribution in [0.5, 0.6) is 0 Å². The van der Waals surface area contributed by atoms with Gasteiger partial charge in [-0.25, -0.2) is 9.18 Å². The molecule has 0 spiro atoms. The molecule has 2 heterocycles. The number of urea groups is 1. The number of halogens is 1. The normalized spacial score (nSPS) is 14.7. The Balaban J connectivity index is 1.53. The van der Waals surface area contributed by atoms with E-state index in [1.165, 1.54) is 12.1 Å². The molecule has 6 nitrogen and oxygen atoms in total. The van der Waals surface area contributed by atoms with Crippen LogP contribution in [0.4, 0.5) is 20.6 Å². The number of fused-ring (bicyclic) bond motifs is 1. The molecule has 1 aromatic heterocycles. The first-order chi connectivity index (χ1) is 14.3. The summed E-state index contributed by atoms with van der Waals surface area (Å²) in [5, 5.41) is 6.49. The number of β-lactam (4-membered cyclic amide) rings is 1. The number of carbonyl (C=O) groups is 2. The van der Waals surface area contributed by atoms with Gasteiger partial charge in [-0.2, -0.15) is 0 Å². The molecule has 30 heavy (non-hydrogen) atoms. The minimum Gasteiger partial charge on any atom is -0.459 e. The van der Waals surface area contributed by atoms with Crippen LogP contribution in [0.25, 0.3) is 11.0 Å². The van der Waals surface area contributed by atoms with Crippen molar-refractivity contribution in [3.8, 4) is 0 Å². The van der Waals surface area contributed by atoms with Crippen molar-refractivity contribution in [1.82, 2.24) is 5.32 Å². The van der Waals surface area contributed by atoms with Gasteiger partial charge in [0.25, 0.3) is 0 Å². The summed E-state index contributed by atoms with van der Waals surface area (Å²) in [5.41, 5.74) is 2.75. The summed E-state index contributed by atoms with van der Waals surface area (Å²) in [7, 11) is 0. The van der Waals surface area contributed by atoms with Gasteiger partial charge in [-0.05, 0) is 49.2 Å². The second-order valence-electron chi connectivity index (χ2n) is 7.90. The minimum absolute atomic E-state index is 0.0462. The van der Waals surface area contributed by atoms with Crippen LogP contribution in [-0.4, -0.2) is 18.5 Å². The highest BCUT2D eigenvalue weighted by Crippen LogP contribution is 2.33. The quantitative estimate of drug-likeness (QED) is 0.573. The average molecular weight is 409 g/mol. The van der Waals surface area contributed by atoms with E-state index < -0.39 is 0 Å². The van der Waals surface area contributed by atoms with Crippen molar-refractivity contribution in [1.29, 1.82) is 0 Å². The monoisotopic (exact) mass is 409 g/mol. The molecule has 1 fully saturated rings. The Hall–Kier alpha value is -3.35. The molecule has 1 aliphatic heterocycles. The first-order valence-corrected chi connectivity index (χ1v) is 10.00. The van der Waals surface area contributed by atoms with Gasteiger partial charge in [0.05, 0.1) is 6.04 Å². The van der Waals surface area contributed by atoms with Crippen LogP contribution in [0.15, 0.2) is 46.9 Å². The third-order valence-corrected chi connectivity index (χ3v) is 5.44. The lowest BCUT2D eigenvalue weighted by molar-refractivity contribution is -0.122. The van der Waals surface area contributed by atoms with Crippen molar-refractivity contribution in [2.75, 3.05) is 16.8 Å². The number of nitrogens with zero attached hydrogens (tertiary/aromatic N) is 1. The summed E-state index contributed by atoms with van der Waals surface area (Å²) in [6.45, 7) is 6.52. The molecule has 0 aliphatic carbocycles. The summed E-state index contributed by atoms with van der Waals surface area (Å²) >= 11 is 0. The van der Waals surface area contributed by atoms with Gasteiger partial charge >= 0.3 is 6.03 Å². The number of benzene rings is 2. The zero-order chi connectivity index (χ0) is 21.4. The summed E-state index contributed by atoms with van der Waals surface area (Å²) in [5.74, 6) is 0.407. The van der Waals surface area contributed by atoms with Crippen LogP contribution in [-0.2, 0) is 4.79 Å². The van der Waals surface area contributed by atoms with E-state index in [-0.39, 0.29) is 29.7 Å². The Morgan fingerprint density at radius 1 is 1.20 bits per heavy atom. The molecule has 0 radical (unpaired) electrons. The van der Waals surface area contributed by atoms with Crippen LogP contribution in [0.3, 0.4) is 0 Å². The highest BCUT2D eigenvalue weighted by Gasteiger charge is 2.27. The Morgan fingerprint density at radius 3 is 2.67 bits per heavy atom. The lowest BCUT2D eigenvalue weighted by Crippen LogP contribution is -2.43. The van der Waals surface area contributed by atoms with E-state index >= 15 is 0 Å². The second-order valence-corrected chi connectivity index (χ2v) is 7.90. The number of rotatable bonds is 5. The van der Waals surface area contributed by atoms with Gasteiger partial charge < -0.3 is 20.0 Å². The van der Waals surface area contributed by atoms with Crippen LogP contribution in [0.2, 0.25) is 0 Å². The van der Waals surface area contributed by atoms with E-state index in [2.05, 4.69) is 10.6 Å². The molecule has 1 atom stereocenters. The third-order valence-electron chi connectivity index (χ3n) is 5.44. The first-order valence-electron chi connectivity index (χ1n) is 10.00. The number of hydrogen-bond acceptors (Lipinski definition) is 3. The maximum Gasteiger partial charge on any atom is 0.319 e. The van der Waals surface area contributed by atoms with E-state index in [0.29, 0.717) is 35.4 Å². The van der Waals surface area contributed by atoms with Crippen molar-refractivity contribution in [3.05, 3.63) is 59.6 Å². The summed E-state index contributed by atoms with van der Waals surface area (Å²) in [6, 6.07) is 10.8. The van der Waals surface area contributed by atoms with Crippen LogP contribution in [0, 0.1) is 18.7 Å². The predicted octanol–water partition coefficient (Wildman–Crippen LogP) is 5.14. The molecular weight excluding hydrogens is 385 g/mol. The van der Waals surface area contributed by atoms with Gasteiger partial charge in [0.2, 0.25) is 5.91 Å². The van der Waals surface area contributed by atoms with Crippen molar-refractivity contribution in [2.45, 2.75) is 33.2 Å². The highest BCUT2D eigenvalue weighted by molar-refractivity contribution is 6.00. The molecule has 3 amide bonds. The zero-order valence-corrected chi connectivity index (χ0v) is 17.2. The fourth-order valence-electron chi connectivity index (χ4n) is 3.69. The fourth-order valence-corrected chi connectivity index (χ4v) is 3.69. The minimum atomic E-state index is -0.388. The summed E-state index contributed by atoms with van der Waals surface area (Å²) in [6.07, 6.45) is 0.551. The molecule has 0 unspecified atom stereocenters. The van der Waals surface area contributed by atoms with Crippen LogP contribution < -0.4 is 15.5 Å². The number of nitrogens with one attached hydrogen (secondary N) is 2. The lowest BCUT2D eigenvalue weighted by atomic mass is 9.98. The topological polar surface area (TPSA) is 74.6 Å². The Morgan fingerprint density at radius 2 is 2.00 bits per heavy atom. The Kier molecular flexibility index (Phi) is 5.20. The predicted molar refractivity (Wildman–Crippen MR) is 114 cm³/mol. The van der Waals surface area contributed by atoms with Gasteiger partial charge in [0.15, 0.2) is 0 Å². The van der Waals surface area contributed by atoms with Crippen molar-refractivity contribution >= 4 is 34.3 Å². The largest absolute Gasteiger partial charge is 0.459 e. The van der Waals surface area contributed by atoms with E-state index in [1.807, 2.05) is 26.8 Å². The number of anilines is 2. The van der Waals surface area contributed by atoms with Crippen molar-refractivity contribution in [3.63, 3.8) is 0 Å². The highest BCUT2D eigenvalue weighted by atomic mass is 19.1. The Bertz CT molecular complexity index is 1120. The van der Waals surface area contributed by atoms with Gasteiger partial charge in [0, 0.05) is 35.3 Å². The molecule has 156 valence electrons. The smallest absolute Gasteiger partial charge is 0.319 e. The van der Waals surface area contributed by atoms with Crippen LogP contribution >= 0.6 is 0 Å². The molecule has 2 aromatic carbocycles. The molecule has 0 saturated carbocycles. The number of hydrogen-bond donors (Lipinski definition) is 2. The maximum absolute atomic E-state index is 13.6. The summed E-state index contributed by atoms with van der Waals surface area (Å²) < 4.78 is 19.6. The maximum atomic E-state index is 13.6. The molecule has 7 heteroatoms. The molecule has 0 bridgehead atoms. The first kappa shape index (κ1) is 19.9. The van der Waals surface area contributed by atoms with Crippen LogP contribution in [0.1, 0.15) is 37.6 Å². The van der Waals surface area contributed by atoms with Gasteiger partial charge in [-0.3, -0.25) is 4.79 Å². The number of furan rings is 1. The number of amides is 3. The second kappa shape index (κ2) is 7.82. The fraction of sp³-hybridized carbons (Fsp3) is 0.304. The lowest BCUT2D eigenvalue weighted by Gasteiger charge is -2.31. The van der Waals surface area contributed by atoms with E-state index in [0.717, 1.165) is 11.3 Å². The van der Waals surface area contributed by atoms with E-state index in [1.54, 1.807) is 29.2 Å². The molecule has 4 rings (SSSR count). The van der Waals surface area contributed by atoms with E-state index in [4.69, 9.17) is 4.42 Å². The average Bonchev–Trinajstić information content (AvgIpc) is 3.01. The molecular formula is C23H24FN3O3. The van der Waals surface area contributed by atoms with Gasteiger partial charge in [-0.1, -0.05) is 19.9 Å². The third kappa shape index (κ3) is 3.75. The molecule has 2 N–H and O–H groups in total.